The second-order valence-corrected chi connectivity index (χ2v) is 11.8. The summed E-state index contributed by atoms with van der Waals surface area (Å²) < 4.78 is 33.6. The standard InChI is InChI=1S/C37H47F2N3O5/c1-4-15-42(16-5-2)37(46)30-19-26(3)18-29(23-30)36(45)41-33(22-28-20-31(38)24-32(39)21-28)34(43)13-14-40-35(44)12-9-17-47-25-27-10-7-6-8-11-27/h6-8,10-11,18-21,23-24,33-34,43H,4-5,9,12-17,22,25H2,1-3H3,(H,40,44)(H,41,45)/t33-,34+/m0/s1. The van der Waals surface area contributed by atoms with E-state index in [0.29, 0.717) is 43.9 Å². The van der Waals surface area contributed by atoms with Gasteiger partial charge in [-0.2, -0.15) is 0 Å². The zero-order valence-corrected chi connectivity index (χ0v) is 27.6. The first-order valence-electron chi connectivity index (χ1n) is 16.3. The van der Waals surface area contributed by atoms with Gasteiger partial charge in [-0.1, -0.05) is 44.2 Å². The van der Waals surface area contributed by atoms with Crippen LogP contribution in [0.15, 0.2) is 66.7 Å². The number of nitrogens with one attached hydrogen (secondary N) is 2. The summed E-state index contributed by atoms with van der Waals surface area (Å²) in [6.45, 7) is 7.99. The Kier molecular flexibility index (Phi) is 15.5. The Bertz CT molecular complexity index is 1430. The second-order valence-electron chi connectivity index (χ2n) is 11.8. The van der Waals surface area contributed by atoms with Crippen molar-refractivity contribution in [1.29, 1.82) is 0 Å². The molecule has 3 aromatic rings. The topological polar surface area (TPSA) is 108 Å². The molecule has 3 N–H and O–H groups in total. The van der Waals surface area contributed by atoms with E-state index in [9.17, 15) is 28.3 Å². The van der Waals surface area contributed by atoms with Gasteiger partial charge < -0.3 is 25.4 Å². The number of nitrogens with zero attached hydrogens (tertiary/aromatic N) is 1. The molecule has 0 spiro atoms. The van der Waals surface area contributed by atoms with Crippen molar-refractivity contribution in [2.75, 3.05) is 26.2 Å². The Hall–Kier alpha value is -4.15. The van der Waals surface area contributed by atoms with Gasteiger partial charge in [0.2, 0.25) is 5.91 Å². The molecule has 0 unspecified atom stereocenters. The summed E-state index contributed by atoms with van der Waals surface area (Å²) in [4.78, 5) is 40.9. The van der Waals surface area contributed by atoms with Crippen molar-refractivity contribution in [3.05, 3.63) is 106 Å². The summed E-state index contributed by atoms with van der Waals surface area (Å²) in [5, 5.41) is 16.7. The van der Waals surface area contributed by atoms with Crippen LogP contribution in [0.1, 0.15) is 83.4 Å². The van der Waals surface area contributed by atoms with Gasteiger partial charge in [-0.15, -0.1) is 0 Å². The van der Waals surface area contributed by atoms with Crippen LogP contribution < -0.4 is 10.6 Å². The van der Waals surface area contributed by atoms with Crippen molar-refractivity contribution in [3.8, 4) is 0 Å². The van der Waals surface area contributed by atoms with E-state index < -0.39 is 29.7 Å². The predicted molar refractivity (Wildman–Crippen MR) is 178 cm³/mol. The van der Waals surface area contributed by atoms with Crippen molar-refractivity contribution in [1.82, 2.24) is 15.5 Å². The van der Waals surface area contributed by atoms with Gasteiger partial charge in [-0.25, -0.2) is 8.78 Å². The number of rotatable bonds is 19. The lowest BCUT2D eigenvalue weighted by Gasteiger charge is -2.25. The lowest BCUT2D eigenvalue weighted by molar-refractivity contribution is -0.121. The van der Waals surface area contributed by atoms with Crippen molar-refractivity contribution < 1.29 is 33.0 Å². The summed E-state index contributed by atoms with van der Waals surface area (Å²) in [7, 11) is 0. The average Bonchev–Trinajstić information content (AvgIpc) is 3.03. The number of carbonyl (C=O) groups is 3. The molecule has 0 aromatic heterocycles. The molecule has 3 aromatic carbocycles. The minimum absolute atomic E-state index is 0.0628. The highest BCUT2D eigenvalue weighted by Gasteiger charge is 2.24. The highest BCUT2D eigenvalue weighted by Crippen LogP contribution is 2.17. The molecule has 254 valence electrons. The zero-order valence-electron chi connectivity index (χ0n) is 27.6. The Morgan fingerprint density at radius 1 is 0.894 bits per heavy atom. The van der Waals surface area contributed by atoms with E-state index >= 15 is 0 Å². The van der Waals surface area contributed by atoms with E-state index in [1.165, 1.54) is 6.07 Å². The highest BCUT2D eigenvalue weighted by molar-refractivity contribution is 6.00. The largest absolute Gasteiger partial charge is 0.391 e. The molecule has 0 bridgehead atoms. The molecular weight excluding hydrogens is 604 g/mol. The van der Waals surface area contributed by atoms with Crippen LogP contribution in [0.2, 0.25) is 0 Å². The molecule has 47 heavy (non-hydrogen) atoms. The minimum atomic E-state index is -1.16. The number of aryl methyl sites for hydroxylation is 1. The summed E-state index contributed by atoms with van der Waals surface area (Å²) in [6, 6.07) is 16.7. The van der Waals surface area contributed by atoms with Gasteiger partial charge in [0.15, 0.2) is 0 Å². The van der Waals surface area contributed by atoms with Gasteiger partial charge in [0.1, 0.15) is 11.6 Å². The van der Waals surface area contributed by atoms with Gasteiger partial charge in [0.05, 0.1) is 18.8 Å². The smallest absolute Gasteiger partial charge is 0.253 e. The molecule has 0 aliphatic carbocycles. The van der Waals surface area contributed by atoms with Crippen LogP contribution in [0.25, 0.3) is 0 Å². The van der Waals surface area contributed by atoms with Crippen LogP contribution in [0, 0.1) is 18.6 Å². The van der Waals surface area contributed by atoms with E-state index in [1.54, 1.807) is 24.0 Å². The van der Waals surface area contributed by atoms with E-state index in [0.717, 1.165) is 36.6 Å². The molecule has 0 saturated carbocycles. The fourth-order valence-corrected chi connectivity index (χ4v) is 5.34. The molecule has 3 amide bonds. The summed E-state index contributed by atoms with van der Waals surface area (Å²) in [5.74, 6) is -2.46. The lowest BCUT2D eigenvalue weighted by Crippen LogP contribution is -2.46. The second kappa shape index (κ2) is 19.5. The monoisotopic (exact) mass is 651 g/mol. The summed E-state index contributed by atoms with van der Waals surface area (Å²) >= 11 is 0. The predicted octanol–water partition coefficient (Wildman–Crippen LogP) is 5.74. The normalized spacial score (nSPS) is 12.3. The maximum atomic E-state index is 14.0. The number of ether oxygens (including phenoxy) is 1. The minimum Gasteiger partial charge on any atom is -0.391 e. The third kappa shape index (κ3) is 12.9. The number of aliphatic hydroxyl groups excluding tert-OH is 1. The van der Waals surface area contributed by atoms with Crippen molar-refractivity contribution in [3.63, 3.8) is 0 Å². The van der Waals surface area contributed by atoms with Crippen molar-refractivity contribution >= 4 is 17.7 Å². The Morgan fingerprint density at radius 2 is 1.55 bits per heavy atom. The third-order valence-corrected chi connectivity index (χ3v) is 7.59. The number of hydrogen-bond donors (Lipinski definition) is 3. The molecule has 8 nitrogen and oxygen atoms in total. The number of hydrogen-bond acceptors (Lipinski definition) is 5. The van der Waals surface area contributed by atoms with Crippen LogP contribution in [0.3, 0.4) is 0 Å². The quantitative estimate of drug-likeness (QED) is 0.143. The van der Waals surface area contributed by atoms with Crippen molar-refractivity contribution in [2.45, 2.75) is 78.0 Å². The van der Waals surface area contributed by atoms with Gasteiger partial charge in [-0.05, 0) is 86.1 Å². The summed E-state index contributed by atoms with van der Waals surface area (Å²) in [6.07, 6.45) is 1.24. The van der Waals surface area contributed by atoms with E-state index in [4.69, 9.17) is 4.74 Å². The van der Waals surface area contributed by atoms with Crippen molar-refractivity contribution in [2.24, 2.45) is 0 Å². The van der Waals surface area contributed by atoms with Crippen LogP contribution in [0.4, 0.5) is 8.78 Å². The Balaban J connectivity index is 1.63. The maximum absolute atomic E-state index is 14.0. The van der Waals surface area contributed by atoms with Crippen LogP contribution in [-0.2, 0) is 22.6 Å². The fraction of sp³-hybridized carbons (Fsp3) is 0.432. The van der Waals surface area contributed by atoms with E-state index in [-0.39, 0.29) is 48.7 Å². The molecule has 2 atom stereocenters. The van der Waals surface area contributed by atoms with Crippen LogP contribution >= 0.6 is 0 Å². The molecular formula is C37H47F2N3O5. The van der Waals surface area contributed by atoms with E-state index in [2.05, 4.69) is 10.6 Å². The molecule has 3 rings (SSSR count). The van der Waals surface area contributed by atoms with Crippen LogP contribution in [0.5, 0.6) is 0 Å². The first-order chi connectivity index (χ1) is 22.6. The molecule has 0 aliphatic heterocycles. The Labute approximate surface area is 276 Å². The average molecular weight is 652 g/mol. The van der Waals surface area contributed by atoms with Gasteiger partial charge in [-0.3, -0.25) is 14.4 Å². The fourth-order valence-electron chi connectivity index (χ4n) is 5.34. The highest BCUT2D eigenvalue weighted by atomic mass is 19.1. The zero-order chi connectivity index (χ0) is 34.2. The molecule has 10 heteroatoms. The SMILES string of the molecule is CCCN(CCC)C(=O)c1cc(C)cc(C(=O)N[C@@H](Cc2cc(F)cc(F)c2)[C@H](O)CCNC(=O)CCCOCc2ccccc2)c1. The molecule has 0 fully saturated rings. The van der Waals surface area contributed by atoms with E-state index in [1.807, 2.05) is 44.2 Å². The first kappa shape index (κ1) is 37.3. The number of benzene rings is 3. The maximum Gasteiger partial charge on any atom is 0.253 e. The van der Waals surface area contributed by atoms with Gasteiger partial charge >= 0.3 is 0 Å². The number of aliphatic hydroxyl groups is 1. The lowest BCUT2D eigenvalue weighted by atomic mass is 9.97. The molecule has 0 aliphatic rings. The number of halogens is 2. The van der Waals surface area contributed by atoms with Crippen LogP contribution in [-0.4, -0.2) is 66.1 Å². The van der Waals surface area contributed by atoms with Gasteiger partial charge in [0.25, 0.3) is 11.8 Å². The number of carbonyl (C=O) groups excluding carboxylic acids is 3. The number of amides is 3. The summed E-state index contributed by atoms with van der Waals surface area (Å²) in [5.41, 5.74) is 2.63. The Morgan fingerprint density at radius 3 is 2.21 bits per heavy atom. The molecule has 0 radical (unpaired) electrons. The molecule has 0 heterocycles. The first-order valence-corrected chi connectivity index (χ1v) is 16.3. The third-order valence-electron chi connectivity index (χ3n) is 7.59. The molecule has 0 saturated heterocycles. The van der Waals surface area contributed by atoms with Gasteiger partial charge in [0, 0.05) is 49.9 Å².